The van der Waals surface area contributed by atoms with Gasteiger partial charge in [-0.15, -0.1) is 0 Å². The quantitative estimate of drug-likeness (QED) is 0.686. The van der Waals surface area contributed by atoms with E-state index in [0.717, 1.165) is 12.4 Å². The Hall–Kier alpha value is -0.980. The van der Waals surface area contributed by atoms with Crippen LogP contribution in [0.4, 0.5) is 0 Å². The van der Waals surface area contributed by atoms with Gasteiger partial charge in [-0.2, -0.15) is 0 Å². The lowest BCUT2D eigenvalue weighted by Gasteiger charge is -2.10. The van der Waals surface area contributed by atoms with Gasteiger partial charge >= 0.3 is 0 Å². The van der Waals surface area contributed by atoms with Crippen LogP contribution >= 0.6 is 0 Å². The fourth-order valence-corrected chi connectivity index (χ4v) is 0.991. The summed E-state index contributed by atoms with van der Waals surface area (Å²) in [6, 6.07) is 8.20. The molecule has 0 heterocycles. The second-order valence-corrected chi connectivity index (χ2v) is 3.64. The molecule has 0 saturated heterocycles. The second kappa shape index (κ2) is 4.90. The van der Waals surface area contributed by atoms with Crippen LogP contribution in [0.15, 0.2) is 24.3 Å². The van der Waals surface area contributed by atoms with Crippen LogP contribution in [-0.2, 0) is 0 Å². The van der Waals surface area contributed by atoms with E-state index in [1.807, 2.05) is 12.1 Å². The molecule has 0 spiro atoms. The average Bonchev–Trinajstić information content (AvgIpc) is 2.16. The minimum atomic E-state index is 0.640. The van der Waals surface area contributed by atoms with Gasteiger partial charge < -0.3 is 4.74 Å². The maximum Gasteiger partial charge on any atom is 0.119 e. The molecule has 0 aliphatic carbocycles. The summed E-state index contributed by atoms with van der Waals surface area (Å²) >= 11 is 0. The van der Waals surface area contributed by atoms with Crippen LogP contribution in [0.25, 0.3) is 0 Å². The molecule has 1 rings (SSSR count). The van der Waals surface area contributed by atoms with Gasteiger partial charge in [-0.25, -0.2) is 0 Å². The van der Waals surface area contributed by atoms with Crippen molar-refractivity contribution in [3.8, 4) is 5.75 Å². The minimum absolute atomic E-state index is 0.640. The third kappa shape index (κ3) is 3.49. The molecule has 0 saturated carbocycles. The summed E-state index contributed by atoms with van der Waals surface area (Å²) in [5.74, 6) is 1.62. The van der Waals surface area contributed by atoms with Crippen LogP contribution in [0.5, 0.6) is 5.75 Å². The molecule has 0 aliphatic heterocycles. The van der Waals surface area contributed by atoms with Crippen molar-refractivity contribution in [1.29, 1.82) is 0 Å². The van der Waals surface area contributed by atoms with Crippen LogP contribution in [0.3, 0.4) is 0 Å². The highest BCUT2D eigenvalue weighted by molar-refractivity contribution is 5.26. The lowest BCUT2D eigenvalue weighted by Crippen LogP contribution is -2.06. The fraction of sp³-hybridized carbons (Fsp3) is 0.500. The number of hydrogen-bond acceptors (Lipinski definition) is 1. The molecule has 1 atom stereocenters. The topological polar surface area (TPSA) is 9.23 Å². The zero-order valence-corrected chi connectivity index (χ0v) is 8.71. The predicted molar refractivity (Wildman–Crippen MR) is 56.1 cm³/mol. The van der Waals surface area contributed by atoms with Crippen LogP contribution in [0.1, 0.15) is 25.8 Å². The summed E-state index contributed by atoms with van der Waals surface area (Å²) in [6.07, 6.45) is 1.17. The number of hydrogen-bond donors (Lipinski definition) is 0. The zero-order chi connectivity index (χ0) is 9.68. The first kappa shape index (κ1) is 10.1. The molecule has 0 fully saturated rings. The van der Waals surface area contributed by atoms with Gasteiger partial charge in [0, 0.05) is 0 Å². The van der Waals surface area contributed by atoms with Gasteiger partial charge in [0.1, 0.15) is 5.75 Å². The summed E-state index contributed by atoms with van der Waals surface area (Å²) in [7, 11) is 0. The zero-order valence-electron chi connectivity index (χ0n) is 8.71. The number of aryl methyl sites for hydroxylation is 1. The Labute approximate surface area is 80.7 Å². The molecule has 0 radical (unpaired) electrons. The van der Waals surface area contributed by atoms with Crippen LogP contribution in [0, 0.1) is 12.8 Å². The summed E-state index contributed by atoms with van der Waals surface area (Å²) in [4.78, 5) is 0. The molecular formula is C12H18O. The predicted octanol–water partition coefficient (Wildman–Crippen LogP) is 3.42. The first-order chi connectivity index (χ1) is 6.22. The third-order valence-corrected chi connectivity index (χ3v) is 2.25. The van der Waals surface area contributed by atoms with E-state index in [9.17, 15) is 0 Å². The molecule has 1 aromatic rings. The molecule has 1 nitrogen and oxygen atoms in total. The first-order valence-corrected chi connectivity index (χ1v) is 4.92. The van der Waals surface area contributed by atoms with Gasteiger partial charge in [0.05, 0.1) is 6.61 Å². The lowest BCUT2D eigenvalue weighted by molar-refractivity contribution is 0.256. The standard InChI is InChI=1S/C12H18O/c1-4-10(2)9-13-12-7-5-11(3)6-8-12/h5-8,10H,4,9H2,1-3H3. The lowest BCUT2D eigenvalue weighted by atomic mass is 10.1. The van der Waals surface area contributed by atoms with E-state index in [4.69, 9.17) is 4.74 Å². The van der Waals surface area contributed by atoms with E-state index >= 15 is 0 Å². The number of rotatable bonds is 4. The van der Waals surface area contributed by atoms with Crippen LogP contribution in [-0.4, -0.2) is 6.61 Å². The Morgan fingerprint density at radius 2 is 1.85 bits per heavy atom. The molecule has 0 amide bonds. The molecule has 0 aromatic heterocycles. The number of ether oxygens (including phenoxy) is 1. The summed E-state index contributed by atoms with van der Waals surface area (Å²) in [6.45, 7) is 7.29. The molecule has 0 bridgehead atoms. The van der Waals surface area contributed by atoms with Crippen molar-refractivity contribution < 1.29 is 4.74 Å². The second-order valence-electron chi connectivity index (χ2n) is 3.64. The number of benzene rings is 1. The van der Waals surface area contributed by atoms with Crippen molar-refractivity contribution in [2.75, 3.05) is 6.61 Å². The van der Waals surface area contributed by atoms with Gasteiger partial charge in [-0.3, -0.25) is 0 Å². The van der Waals surface area contributed by atoms with Crippen molar-refractivity contribution in [2.24, 2.45) is 5.92 Å². The van der Waals surface area contributed by atoms with Crippen molar-refractivity contribution in [1.82, 2.24) is 0 Å². The van der Waals surface area contributed by atoms with Crippen molar-refractivity contribution >= 4 is 0 Å². The molecule has 1 aromatic carbocycles. The molecule has 1 unspecified atom stereocenters. The van der Waals surface area contributed by atoms with Crippen LogP contribution < -0.4 is 4.74 Å². The molecule has 13 heavy (non-hydrogen) atoms. The average molecular weight is 178 g/mol. The monoisotopic (exact) mass is 178 g/mol. The minimum Gasteiger partial charge on any atom is -0.493 e. The molecular weight excluding hydrogens is 160 g/mol. The SMILES string of the molecule is CCC(C)COc1ccc(C)cc1. The van der Waals surface area contributed by atoms with Gasteiger partial charge in [-0.05, 0) is 25.0 Å². The van der Waals surface area contributed by atoms with E-state index in [-0.39, 0.29) is 0 Å². The summed E-state index contributed by atoms with van der Waals surface area (Å²) in [5, 5.41) is 0. The molecule has 0 N–H and O–H groups in total. The van der Waals surface area contributed by atoms with Crippen LogP contribution in [0.2, 0.25) is 0 Å². The molecule has 0 aliphatic rings. The van der Waals surface area contributed by atoms with Crippen molar-refractivity contribution in [3.05, 3.63) is 29.8 Å². The van der Waals surface area contributed by atoms with Gasteiger partial charge in [0.2, 0.25) is 0 Å². The Bertz CT molecular complexity index is 238. The van der Waals surface area contributed by atoms with Gasteiger partial charge in [0.15, 0.2) is 0 Å². The highest BCUT2D eigenvalue weighted by atomic mass is 16.5. The highest BCUT2D eigenvalue weighted by Gasteiger charge is 1.99. The van der Waals surface area contributed by atoms with Crippen molar-refractivity contribution in [3.63, 3.8) is 0 Å². The first-order valence-electron chi connectivity index (χ1n) is 4.92. The van der Waals surface area contributed by atoms with E-state index in [0.29, 0.717) is 5.92 Å². The smallest absolute Gasteiger partial charge is 0.119 e. The van der Waals surface area contributed by atoms with E-state index in [2.05, 4.69) is 32.9 Å². The fourth-order valence-electron chi connectivity index (χ4n) is 0.991. The Morgan fingerprint density at radius 1 is 1.23 bits per heavy atom. The normalized spacial score (nSPS) is 12.5. The summed E-state index contributed by atoms with van der Waals surface area (Å²) in [5.41, 5.74) is 1.27. The molecule has 72 valence electrons. The van der Waals surface area contributed by atoms with E-state index in [1.54, 1.807) is 0 Å². The van der Waals surface area contributed by atoms with Crippen molar-refractivity contribution in [2.45, 2.75) is 27.2 Å². The largest absolute Gasteiger partial charge is 0.493 e. The van der Waals surface area contributed by atoms with E-state index in [1.165, 1.54) is 12.0 Å². The molecule has 1 heteroatoms. The van der Waals surface area contributed by atoms with E-state index < -0.39 is 0 Å². The highest BCUT2D eigenvalue weighted by Crippen LogP contribution is 2.13. The Kier molecular flexibility index (Phi) is 3.81. The Morgan fingerprint density at radius 3 is 2.38 bits per heavy atom. The van der Waals surface area contributed by atoms with Gasteiger partial charge in [0.25, 0.3) is 0 Å². The van der Waals surface area contributed by atoms with Gasteiger partial charge in [-0.1, -0.05) is 38.0 Å². The maximum absolute atomic E-state index is 5.61. The maximum atomic E-state index is 5.61. The summed E-state index contributed by atoms with van der Waals surface area (Å²) < 4.78 is 5.61. The Balaban J connectivity index is 2.41. The third-order valence-electron chi connectivity index (χ3n) is 2.25.